The summed E-state index contributed by atoms with van der Waals surface area (Å²) in [6, 6.07) is 8.26. The molecule has 0 saturated heterocycles. The lowest BCUT2D eigenvalue weighted by Gasteiger charge is -2.15. The van der Waals surface area contributed by atoms with Crippen molar-refractivity contribution >= 4 is 5.71 Å². The monoisotopic (exact) mass is 181 g/mol. The van der Waals surface area contributed by atoms with Gasteiger partial charge in [-0.05, 0) is 11.1 Å². The molecule has 2 aliphatic carbocycles. The molecule has 0 aromatic heterocycles. The van der Waals surface area contributed by atoms with Gasteiger partial charge in [0.15, 0.2) is 0 Å². The van der Waals surface area contributed by atoms with Crippen LogP contribution in [-0.2, 0) is 0 Å². The van der Waals surface area contributed by atoms with Crippen molar-refractivity contribution in [3.63, 3.8) is 0 Å². The molecule has 0 amide bonds. The van der Waals surface area contributed by atoms with E-state index in [-0.39, 0.29) is 5.92 Å². The van der Waals surface area contributed by atoms with E-state index in [0.717, 1.165) is 11.3 Å². The molecule has 0 spiro atoms. The van der Waals surface area contributed by atoms with Crippen LogP contribution in [0.15, 0.2) is 48.6 Å². The van der Waals surface area contributed by atoms with Gasteiger partial charge in [-0.25, -0.2) is 0 Å². The van der Waals surface area contributed by atoms with Crippen molar-refractivity contribution in [3.8, 4) is 0 Å². The van der Waals surface area contributed by atoms with Gasteiger partial charge in [-0.2, -0.15) is 0 Å². The molecule has 2 atom stereocenters. The molecule has 1 aromatic rings. The van der Waals surface area contributed by atoms with Crippen molar-refractivity contribution in [2.75, 3.05) is 0 Å². The Morgan fingerprint density at radius 2 is 1.64 bits per heavy atom. The number of allylic oxidation sites excluding steroid dienone is 4. The fourth-order valence-corrected chi connectivity index (χ4v) is 2.39. The average molecular weight is 181 g/mol. The predicted molar refractivity (Wildman–Crippen MR) is 57.8 cm³/mol. The average Bonchev–Trinajstić information content (AvgIpc) is 2.55. The minimum absolute atomic E-state index is 0.275. The Morgan fingerprint density at radius 3 is 2.50 bits per heavy atom. The molecule has 1 heteroatoms. The smallest absolute Gasteiger partial charge is 0.0467 e. The standard InChI is InChI=1S/C13H11N/c14-13-11-7-3-1-5-9(11)10-6-2-4-8-12(10)13/h1-9,11,14H. The number of hydrogen-bond donors (Lipinski definition) is 1. The highest BCUT2D eigenvalue weighted by Crippen LogP contribution is 2.40. The van der Waals surface area contributed by atoms with E-state index in [1.165, 1.54) is 5.56 Å². The van der Waals surface area contributed by atoms with Crippen LogP contribution in [-0.4, -0.2) is 5.71 Å². The molecular formula is C13H11N. The molecule has 0 fully saturated rings. The third-order valence-corrected chi connectivity index (χ3v) is 3.08. The minimum atomic E-state index is 0.275. The topological polar surface area (TPSA) is 23.9 Å². The second-order valence-electron chi connectivity index (χ2n) is 3.82. The summed E-state index contributed by atoms with van der Waals surface area (Å²) in [6.45, 7) is 0. The molecule has 14 heavy (non-hydrogen) atoms. The van der Waals surface area contributed by atoms with Gasteiger partial charge in [0.05, 0.1) is 0 Å². The van der Waals surface area contributed by atoms with Gasteiger partial charge in [-0.3, -0.25) is 0 Å². The third-order valence-electron chi connectivity index (χ3n) is 3.08. The molecule has 2 aliphatic rings. The number of benzene rings is 1. The van der Waals surface area contributed by atoms with Crippen LogP contribution in [0.2, 0.25) is 0 Å². The van der Waals surface area contributed by atoms with Gasteiger partial charge in [0.2, 0.25) is 0 Å². The third kappa shape index (κ3) is 0.869. The summed E-state index contributed by atoms with van der Waals surface area (Å²) >= 11 is 0. The molecule has 0 aliphatic heterocycles. The van der Waals surface area contributed by atoms with Gasteiger partial charge in [0.25, 0.3) is 0 Å². The Hall–Kier alpha value is -1.63. The zero-order chi connectivity index (χ0) is 9.54. The first-order chi connectivity index (χ1) is 6.88. The molecule has 0 heterocycles. The first-order valence-electron chi connectivity index (χ1n) is 4.90. The van der Waals surface area contributed by atoms with Gasteiger partial charge in [0.1, 0.15) is 0 Å². The van der Waals surface area contributed by atoms with E-state index in [4.69, 9.17) is 5.41 Å². The predicted octanol–water partition coefficient (Wildman–Crippen LogP) is 2.89. The van der Waals surface area contributed by atoms with E-state index in [1.807, 2.05) is 12.1 Å². The normalized spacial score (nSPS) is 27.6. The summed E-state index contributed by atoms with van der Waals surface area (Å²) in [7, 11) is 0. The van der Waals surface area contributed by atoms with Gasteiger partial charge in [-0.15, -0.1) is 0 Å². The number of rotatable bonds is 0. The van der Waals surface area contributed by atoms with Crippen LogP contribution in [0.4, 0.5) is 0 Å². The van der Waals surface area contributed by atoms with Crippen molar-refractivity contribution in [1.29, 1.82) is 5.41 Å². The zero-order valence-electron chi connectivity index (χ0n) is 7.77. The lowest BCUT2D eigenvalue weighted by molar-refractivity contribution is 0.764. The highest BCUT2D eigenvalue weighted by molar-refractivity contribution is 6.06. The van der Waals surface area contributed by atoms with Crippen LogP contribution in [0.5, 0.6) is 0 Å². The Kier molecular flexibility index (Phi) is 1.48. The molecule has 0 bridgehead atoms. The molecule has 3 rings (SSSR count). The van der Waals surface area contributed by atoms with Crippen LogP contribution < -0.4 is 0 Å². The number of hydrogen-bond acceptors (Lipinski definition) is 1. The van der Waals surface area contributed by atoms with Crippen LogP contribution >= 0.6 is 0 Å². The fraction of sp³-hybridized carbons (Fsp3) is 0.154. The minimum Gasteiger partial charge on any atom is -0.304 e. The van der Waals surface area contributed by atoms with Crippen molar-refractivity contribution in [2.24, 2.45) is 5.92 Å². The van der Waals surface area contributed by atoms with Crippen LogP contribution in [0.25, 0.3) is 0 Å². The first-order valence-corrected chi connectivity index (χ1v) is 4.90. The summed E-state index contributed by atoms with van der Waals surface area (Å²) in [5.41, 5.74) is 3.20. The second-order valence-corrected chi connectivity index (χ2v) is 3.82. The zero-order valence-corrected chi connectivity index (χ0v) is 7.77. The maximum atomic E-state index is 8.07. The molecule has 1 N–H and O–H groups in total. The molecular weight excluding hydrogens is 170 g/mol. The fourth-order valence-electron chi connectivity index (χ4n) is 2.39. The SMILES string of the molecule is N=C1c2ccccc2C2C=CC=CC12. The Balaban J connectivity index is 2.22. The largest absolute Gasteiger partial charge is 0.304 e. The highest BCUT2D eigenvalue weighted by Gasteiger charge is 2.34. The van der Waals surface area contributed by atoms with Gasteiger partial charge >= 0.3 is 0 Å². The molecule has 2 unspecified atom stereocenters. The molecule has 68 valence electrons. The van der Waals surface area contributed by atoms with E-state index >= 15 is 0 Å². The van der Waals surface area contributed by atoms with Gasteiger partial charge in [-0.1, -0.05) is 48.6 Å². The van der Waals surface area contributed by atoms with E-state index in [1.54, 1.807) is 0 Å². The lowest BCUT2D eigenvalue weighted by Crippen LogP contribution is -2.10. The van der Waals surface area contributed by atoms with E-state index < -0.39 is 0 Å². The van der Waals surface area contributed by atoms with Crippen molar-refractivity contribution < 1.29 is 0 Å². The maximum Gasteiger partial charge on any atom is 0.0467 e. The van der Waals surface area contributed by atoms with Gasteiger partial charge < -0.3 is 5.41 Å². The summed E-state index contributed by atoms with van der Waals surface area (Å²) in [5, 5.41) is 8.07. The van der Waals surface area contributed by atoms with Crippen molar-refractivity contribution in [2.45, 2.75) is 5.92 Å². The van der Waals surface area contributed by atoms with E-state index in [9.17, 15) is 0 Å². The summed E-state index contributed by atoms with van der Waals surface area (Å²) < 4.78 is 0. The maximum absolute atomic E-state index is 8.07. The van der Waals surface area contributed by atoms with Crippen LogP contribution in [0.1, 0.15) is 17.0 Å². The summed E-state index contributed by atoms with van der Waals surface area (Å²) in [4.78, 5) is 0. The number of fused-ring (bicyclic) bond motifs is 3. The number of nitrogens with one attached hydrogen (secondary N) is 1. The lowest BCUT2D eigenvalue weighted by atomic mass is 9.88. The Morgan fingerprint density at radius 1 is 0.929 bits per heavy atom. The van der Waals surface area contributed by atoms with Crippen molar-refractivity contribution in [3.05, 3.63) is 59.7 Å². The molecule has 1 nitrogen and oxygen atoms in total. The molecule has 0 radical (unpaired) electrons. The highest BCUT2D eigenvalue weighted by atomic mass is 14.5. The molecule has 1 aromatic carbocycles. The van der Waals surface area contributed by atoms with E-state index in [2.05, 4.69) is 36.4 Å². The van der Waals surface area contributed by atoms with Crippen LogP contribution in [0.3, 0.4) is 0 Å². The van der Waals surface area contributed by atoms with Crippen LogP contribution in [0, 0.1) is 11.3 Å². The summed E-state index contributed by atoms with van der Waals surface area (Å²) in [5.74, 6) is 0.682. The molecule has 0 saturated carbocycles. The Bertz CT molecular complexity index is 454. The summed E-state index contributed by atoms with van der Waals surface area (Å²) in [6.07, 6.45) is 8.45. The van der Waals surface area contributed by atoms with E-state index in [0.29, 0.717) is 5.92 Å². The second kappa shape index (κ2) is 2.68. The first kappa shape index (κ1) is 7.74. The quantitative estimate of drug-likeness (QED) is 0.636. The van der Waals surface area contributed by atoms with Gasteiger partial charge in [0, 0.05) is 17.5 Å². The van der Waals surface area contributed by atoms with Crippen molar-refractivity contribution in [1.82, 2.24) is 0 Å². The Labute approximate surface area is 83.3 Å².